The maximum absolute atomic E-state index is 11.5. The highest BCUT2D eigenvalue weighted by Crippen LogP contribution is 2.91. The Hall–Kier alpha value is -0.590. The van der Waals surface area contributed by atoms with E-state index in [1.807, 2.05) is 6.08 Å². The van der Waals surface area contributed by atoms with Crippen molar-refractivity contribution < 1.29 is 4.79 Å². The van der Waals surface area contributed by atoms with E-state index >= 15 is 0 Å². The first-order chi connectivity index (χ1) is 5.18. The highest BCUT2D eigenvalue weighted by Gasteiger charge is 2.91. The number of carbonyl (C=O) groups excluding carboxylic acids is 1. The molecule has 1 heteroatoms. The summed E-state index contributed by atoms with van der Waals surface area (Å²) in [5.41, 5.74) is 0.591. The maximum Gasteiger partial charge on any atom is 0.162 e. The monoisotopic (exact) mass is 148 g/mol. The Morgan fingerprint density at radius 1 is 1.55 bits per heavy atom. The first-order valence-electron chi connectivity index (χ1n) is 4.41. The molecule has 3 aliphatic rings. The van der Waals surface area contributed by atoms with Crippen molar-refractivity contribution in [2.75, 3.05) is 0 Å². The van der Waals surface area contributed by atoms with Crippen molar-refractivity contribution in [3.63, 3.8) is 0 Å². The number of ketones is 1. The second kappa shape index (κ2) is 1.21. The zero-order valence-corrected chi connectivity index (χ0v) is 6.92. The van der Waals surface area contributed by atoms with Crippen LogP contribution in [0, 0.1) is 22.7 Å². The predicted molar refractivity (Wildman–Crippen MR) is 42.0 cm³/mol. The lowest BCUT2D eigenvalue weighted by molar-refractivity contribution is -0.123. The standard InChI is InChI=1S/C10H12O/c1-3-10-6(11)4-5-9(2)7(10)8(9)10/h4-5,7-8H,3H2,1-2H3. The van der Waals surface area contributed by atoms with E-state index in [9.17, 15) is 4.79 Å². The molecule has 0 aliphatic heterocycles. The predicted octanol–water partition coefficient (Wildman–Crippen LogP) is 1.79. The summed E-state index contributed by atoms with van der Waals surface area (Å²) in [5, 5.41) is 0. The van der Waals surface area contributed by atoms with E-state index in [2.05, 4.69) is 19.9 Å². The first-order valence-corrected chi connectivity index (χ1v) is 4.41. The molecule has 2 fully saturated rings. The van der Waals surface area contributed by atoms with Gasteiger partial charge in [0.05, 0.1) is 0 Å². The topological polar surface area (TPSA) is 17.1 Å². The second-order valence-electron chi connectivity index (χ2n) is 4.41. The largest absolute Gasteiger partial charge is 0.294 e. The van der Waals surface area contributed by atoms with Gasteiger partial charge in [0.2, 0.25) is 0 Å². The summed E-state index contributed by atoms with van der Waals surface area (Å²) < 4.78 is 0. The van der Waals surface area contributed by atoms with Gasteiger partial charge in [-0.05, 0) is 29.7 Å². The summed E-state index contributed by atoms with van der Waals surface area (Å²) in [7, 11) is 0. The van der Waals surface area contributed by atoms with Gasteiger partial charge in [-0.2, -0.15) is 0 Å². The van der Waals surface area contributed by atoms with Crippen molar-refractivity contribution >= 4 is 5.78 Å². The van der Waals surface area contributed by atoms with Crippen molar-refractivity contribution in [3.05, 3.63) is 12.2 Å². The van der Waals surface area contributed by atoms with Crippen molar-refractivity contribution in [3.8, 4) is 0 Å². The molecule has 0 bridgehead atoms. The van der Waals surface area contributed by atoms with E-state index in [0.29, 0.717) is 11.2 Å². The Bertz CT molecular complexity index is 277. The molecule has 3 aliphatic carbocycles. The molecule has 0 heterocycles. The Labute approximate surface area is 66.5 Å². The molecule has 3 rings (SSSR count). The lowest BCUT2D eigenvalue weighted by Gasteiger charge is -2.32. The smallest absolute Gasteiger partial charge is 0.162 e. The van der Waals surface area contributed by atoms with Crippen LogP contribution >= 0.6 is 0 Å². The average molecular weight is 148 g/mol. The van der Waals surface area contributed by atoms with Crippen LogP contribution in [0.2, 0.25) is 0 Å². The van der Waals surface area contributed by atoms with Gasteiger partial charge in [-0.3, -0.25) is 4.79 Å². The van der Waals surface area contributed by atoms with Crippen LogP contribution in [0.3, 0.4) is 0 Å². The van der Waals surface area contributed by atoms with Crippen LogP contribution in [0.15, 0.2) is 12.2 Å². The van der Waals surface area contributed by atoms with Crippen LogP contribution in [0.5, 0.6) is 0 Å². The van der Waals surface area contributed by atoms with Crippen LogP contribution in [0.1, 0.15) is 20.3 Å². The van der Waals surface area contributed by atoms with E-state index < -0.39 is 0 Å². The maximum atomic E-state index is 11.5. The molecule has 0 aromatic heterocycles. The Kier molecular flexibility index (Phi) is 0.661. The molecule has 11 heavy (non-hydrogen) atoms. The van der Waals surface area contributed by atoms with Gasteiger partial charge < -0.3 is 0 Å². The molecule has 1 nitrogen and oxygen atoms in total. The van der Waals surface area contributed by atoms with Crippen molar-refractivity contribution in [2.45, 2.75) is 20.3 Å². The molecule has 2 saturated carbocycles. The van der Waals surface area contributed by atoms with Crippen LogP contribution in [0.4, 0.5) is 0 Å². The molecule has 0 amide bonds. The molecule has 0 aromatic carbocycles. The minimum absolute atomic E-state index is 0.142. The molecule has 0 saturated heterocycles. The van der Waals surface area contributed by atoms with Gasteiger partial charge in [0.1, 0.15) is 0 Å². The molecular formula is C10H12O. The zero-order chi connectivity index (χ0) is 7.85. The van der Waals surface area contributed by atoms with Crippen molar-refractivity contribution in [1.29, 1.82) is 0 Å². The first kappa shape index (κ1) is 5.99. The van der Waals surface area contributed by atoms with E-state index in [-0.39, 0.29) is 5.41 Å². The van der Waals surface area contributed by atoms with Gasteiger partial charge in [0, 0.05) is 5.41 Å². The van der Waals surface area contributed by atoms with Crippen LogP contribution in [-0.2, 0) is 4.79 Å². The normalized spacial score (nSPS) is 62.5. The average Bonchev–Trinajstić information content (AvgIpc) is 2.82. The summed E-state index contributed by atoms with van der Waals surface area (Å²) in [6, 6.07) is 0. The molecule has 0 aromatic rings. The summed E-state index contributed by atoms with van der Waals surface area (Å²) in [4.78, 5) is 11.5. The van der Waals surface area contributed by atoms with Gasteiger partial charge in [0.25, 0.3) is 0 Å². The number of fused-ring (bicyclic) bond motifs is 2. The summed E-state index contributed by atoms with van der Waals surface area (Å²) in [6.45, 7) is 4.42. The molecular weight excluding hydrogens is 136 g/mol. The molecule has 0 N–H and O–H groups in total. The molecule has 2 atom stereocenters. The third-order valence-electron chi connectivity index (χ3n) is 4.20. The number of hydrogen-bond donors (Lipinski definition) is 0. The van der Waals surface area contributed by atoms with Gasteiger partial charge >= 0.3 is 0 Å². The van der Waals surface area contributed by atoms with E-state index in [1.54, 1.807) is 0 Å². The summed E-state index contributed by atoms with van der Waals surface area (Å²) >= 11 is 0. The minimum Gasteiger partial charge on any atom is -0.294 e. The van der Waals surface area contributed by atoms with Gasteiger partial charge in [-0.15, -0.1) is 0 Å². The van der Waals surface area contributed by atoms with Crippen LogP contribution in [0.25, 0.3) is 0 Å². The van der Waals surface area contributed by atoms with Crippen molar-refractivity contribution in [2.24, 2.45) is 22.7 Å². The quantitative estimate of drug-likeness (QED) is 0.554. The number of rotatable bonds is 1. The minimum atomic E-state index is 0.142. The lowest BCUT2D eigenvalue weighted by Crippen LogP contribution is -2.33. The molecule has 2 unspecified atom stereocenters. The van der Waals surface area contributed by atoms with Gasteiger partial charge in [-0.1, -0.05) is 19.9 Å². The fraction of sp³-hybridized carbons (Fsp3) is 0.700. The molecule has 0 spiro atoms. The summed E-state index contributed by atoms with van der Waals surface area (Å²) in [5.74, 6) is 1.87. The highest BCUT2D eigenvalue weighted by atomic mass is 16.1. The second-order valence-corrected chi connectivity index (χ2v) is 4.41. The number of allylic oxidation sites excluding steroid dienone is 2. The SMILES string of the molecule is CCC12C(=O)C=CC3(C)C1C32. The third kappa shape index (κ3) is 0.350. The Morgan fingerprint density at radius 3 is 2.64 bits per heavy atom. The van der Waals surface area contributed by atoms with Gasteiger partial charge in [-0.25, -0.2) is 0 Å². The highest BCUT2D eigenvalue weighted by molar-refractivity contribution is 6.02. The number of hydrogen-bond acceptors (Lipinski definition) is 1. The van der Waals surface area contributed by atoms with Gasteiger partial charge in [0.15, 0.2) is 5.78 Å². The zero-order valence-electron chi connectivity index (χ0n) is 6.92. The van der Waals surface area contributed by atoms with E-state index in [1.165, 1.54) is 0 Å². The Balaban J connectivity index is 2.08. The van der Waals surface area contributed by atoms with Crippen molar-refractivity contribution in [1.82, 2.24) is 0 Å². The third-order valence-corrected chi connectivity index (χ3v) is 4.20. The fourth-order valence-electron chi connectivity index (χ4n) is 3.52. The summed E-state index contributed by atoms with van der Waals surface area (Å²) in [6.07, 6.45) is 4.99. The molecule has 0 radical (unpaired) electrons. The van der Waals surface area contributed by atoms with Crippen LogP contribution < -0.4 is 0 Å². The Morgan fingerprint density at radius 2 is 2.18 bits per heavy atom. The molecule has 58 valence electrons. The fourth-order valence-corrected chi connectivity index (χ4v) is 3.52. The van der Waals surface area contributed by atoms with E-state index in [4.69, 9.17) is 0 Å². The van der Waals surface area contributed by atoms with Crippen LogP contribution in [-0.4, -0.2) is 5.78 Å². The van der Waals surface area contributed by atoms with E-state index in [0.717, 1.165) is 18.3 Å². The number of carbonyl (C=O) groups is 1. The lowest BCUT2D eigenvalue weighted by atomic mass is 9.70.